The molecule has 14 heavy (non-hydrogen) atoms. The first-order valence-corrected chi connectivity index (χ1v) is 4.70. The fourth-order valence-electron chi connectivity index (χ4n) is 1.52. The third kappa shape index (κ3) is 1.47. The lowest BCUT2D eigenvalue weighted by Crippen LogP contribution is -2.41. The fraction of sp³-hybridized carbons (Fsp3) is 0.750. The SMILES string of the molecule is CC(C)C1(NC(=O)c2nn[nH]n2)CC1. The zero-order chi connectivity index (χ0) is 10.2. The highest BCUT2D eigenvalue weighted by Gasteiger charge is 2.47. The number of hydrogen-bond donors (Lipinski definition) is 2. The monoisotopic (exact) mass is 195 g/mol. The first-order chi connectivity index (χ1) is 6.64. The van der Waals surface area contributed by atoms with Crippen LogP contribution in [0.5, 0.6) is 0 Å². The molecule has 2 rings (SSSR count). The molecule has 1 fully saturated rings. The van der Waals surface area contributed by atoms with Gasteiger partial charge in [0.2, 0.25) is 0 Å². The van der Waals surface area contributed by atoms with E-state index in [1.807, 2.05) is 0 Å². The number of nitrogens with one attached hydrogen (secondary N) is 2. The van der Waals surface area contributed by atoms with Gasteiger partial charge in [0, 0.05) is 5.54 Å². The molecule has 0 aliphatic heterocycles. The molecule has 6 heteroatoms. The first-order valence-electron chi connectivity index (χ1n) is 4.70. The lowest BCUT2D eigenvalue weighted by atomic mass is 10.0. The molecule has 1 amide bonds. The van der Waals surface area contributed by atoms with Crippen LogP contribution in [0.25, 0.3) is 0 Å². The normalized spacial score (nSPS) is 18.2. The van der Waals surface area contributed by atoms with E-state index >= 15 is 0 Å². The maximum atomic E-state index is 11.6. The molecule has 2 N–H and O–H groups in total. The fourth-order valence-corrected chi connectivity index (χ4v) is 1.52. The van der Waals surface area contributed by atoms with Crippen molar-refractivity contribution in [3.63, 3.8) is 0 Å². The van der Waals surface area contributed by atoms with Crippen LogP contribution >= 0.6 is 0 Å². The van der Waals surface area contributed by atoms with E-state index in [9.17, 15) is 4.79 Å². The molecule has 0 radical (unpaired) electrons. The lowest BCUT2D eigenvalue weighted by molar-refractivity contribution is 0.0907. The largest absolute Gasteiger partial charge is 0.344 e. The number of rotatable bonds is 3. The van der Waals surface area contributed by atoms with Gasteiger partial charge in [-0.05, 0) is 24.0 Å². The van der Waals surface area contributed by atoms with Crippen molar-refractivity contribution in [3.05, 3.63) is 5.82 Å². The van der Waals surface area contributed by atoms with Gasteiger partial charge in [0.1, 0.15) is 0 Å². The van der Waals surface area contributed by atoms with Crippen LogP contribution in [0.3, 0.4) is 0 Å². The van der Waals surface area contributed by atoms with Crippen molar-refractivity contribution in [2.75, 3.05) is 0 Å². The molecule has 0 saturated heterocycles. The molecule has 0 unspecified atom stereocenters. The number of carbonyl (C=O) groups is 1. The summed E-state index contributed by atoms with van der Waals surface area (Å²) in [5, 5.41) is 15.8. The van der Waals surface area contributed by atoms with Crippen LogP contribution < -0.4 is 5.32 Å². The Morgan fingerprint density at radius 2 is 2.29 bits per heavy atom. The van der Waals surface area contributed by atoms with Gasteiger partial charge in [0.15, 0.2) is 0 Å². The van der Waals surface area contributed by atoms with Gasteiger partial charge in [-0.25, -0.2) is 0 Å². The Balaban J connectivity index is 2.02. The average Bonchev–Trinajstić information content (AvgIpc) is 2.74. The molecule has 1 aromatic rings. The average molecular weight is 195 g/mol. The van der Waals surface area contributed by atoms with Crippen LogP contribution in [-0.2, 0) is 0 Å². The van der Waals surface area contributed by atoms with Gasteiger partial charge in [-0.15, -0.1) is 10.2 Å². The summed E-state index contributed by atoms with van der Waals surface area (Å²) < 4.78 is 0. The second-order valence-electron chi connectivity index (χ2n) is 4.00. The van der Waals surface area contributed by atoms with Crippen LogP contribution in [0.4, 0.5) is 0 Å². The third-order valence-electron chi connectivity index (χ3n) is 2.80. The highest BCUT2D eigenvalue weighted by Crippen LogP contribution is 2.42. The smallest absolute Gasteiger partial charge is 0.293 e. The first kappa shape index (κ1) is 9.11. The number of H-pyrrole nitrogens is 1. The molecule has 0 atom stereocenters. The van der Waals surface area contributed by atoms with E-state index in [2.05, 4.69) is 39.8 Å². The number of aromatic nitrogens is 4. The van der Waals surface area contributed by atoms with Crippen molar-refractivity contribution in [2.45, 2.75) is 32.2 Å². The Kier molecular flexibility index (Phi) is 1.98. The molecule has 1 aromatic heterocycles. The molecular formula is C8H13N5O. The van der Waals surface area contributed by atoms with Crippen LogP contribution in [-0.4, -0.2) is 32.1 Å². The molecule has 1 heterocycles. The molecule has 1 saturated carbocycles. The molecule has 0 spiro atoms. The highest BCUT2D eigenvalue weighted by atomic mass is 16.2. The van der Waals surface area contributed by atoms with E-state index in [4.69, 9.17) is 0 Å². The summed E-state index contributed by atoms with van der Waals surface area (Å²) >= 11 is 0. The minimum absolute atomic E-state index is 0.0300. The summed E-state index contributed by atoms with van der Waals surface area (Å²) in [6.45, 7) is 4.20. The Bertz CT molecular complexity index is 328. The van der Waals surface area contributed by atoms with Gasteiger partial charge in [-0.2, -0.15) is 5.21 Å². The van der Waals surface area contributed by atoms with Crippen LogP contribution in [0.15, 0.2) is 0 Å². The van der Waals surface area contributed by atoms with Gasteiger partial charge >= 0.3 is 0 Å². The minimum Gasteiger partial charge on any atom is -0.344 e. The van der Waals surface area contributed by atoms with E-state index in [0.29, 0.717) is 5.92 Å². The van der Waals surface area contributed by atoms with E-state index in [1.165, 1.54) is 0 Å². The van der Waals surface area contributed by atoms with Gasteiger partial charge in [-0.1, -0.05) is 13.8 Å². The number of carbonyl (C=O) groups excluding carboxylic acids is 1. The van der Waals surface area contributed by atoms with Gasteiger partial charge in [0.25, 0.3) is 11.7 Å². The quantitative estimate of drug-likeness (QED) is 0.717. The van der Waals surface area contributed by atoms with Crippen LogP contribution in [0, 0.1) is 5.92 Å². The molecular weight excluding hydrogens is 182 g/mol. The van der Waals surface area contributed by atoms with E-state index in [0.717, 1.165) is 12.8 Å². The van der Waals surface area contributed by atoms with Gasteiger partial charge in [-0.3, -0.25) is 4.79 Å². The second kappa shape index (κ2) is 3.04. The molecule has 1 aliphatic carbocycles. The number of tetrazole rings is 1. The Morgan fingerprint density at radius 3 is 2.71 bits per heavy atom. The highest BCUT2D eigenvalue weighted by molar-refractivity contribution is 5.90. The maximum absolute atomic E-state index is 11.6. The van der Waals surface area contributed by atoms with Crippen molar-refractivity contribution >= 4 is 5.91 Å². The summed E-state index contributed by atoms with van der Waals surface area (Å²) in [5.41, 5.74) is -0.0300. The Labute approximate surface area is 81.5 Å². The zero-order valence-electron chi connectivity index (χ0n) is 8.24. The van der Waals surface area contributed by atoms with Crippen LogP contribution in [0.2, 0.25) is 0 Å². The predicted molar refractivity (Wildman–Crippen MR) is 48.4 cm³/mol. The molecule has 1 aliphatic rings. The summed E-state index contributed by atoms with van der Waals surface area (Å²) in [6, 6.07) is 0. The van der Waals surface area contributed by atoms with E-state index in [1.54, 1.807) is 0 Å². The predicted octanol–water partition coefficient (Wildman–Crippen LogP) is 0.118. The summed E-state index contributed by atoms with van der Waals surface area (Å²) in [5.74, 6) is 0.306. The molecule has 76 valence electrons. The Morgan fingerprint density at radius 1 is 1.57 bits per heavy atom. The van der Waals surface area contributed by atoms with Gasteiger partial charge in [0.05, 0.1) is 0 Å². The molecule has 0 aromatic carbocycles. The van der Waals surface area contributed by atoms with Crippen molar-refractivity contribution < 1.29 is 4.79 Å². The second-order valence-corrected chi connectivity index (χ2v) is 4.00. The minimum atomic E-state index is -0.245. The number of aromatic amines is 1. The lowest BCUT2D eigenvalue weighted by Gasteiger charge is -2.20. The summed E-state index contributed by atoms with van der Waals surface area (Å²) in [7, 11) is 0. The molecule has 6 nitrogen and oxygen atoms in total. The number of hydrogen-bond acceptors (Lipinski definition) is 4. The van der Waals surface area contributed by atoms with Crippen molar-refractivity contribution in [2.24, 2.45) is 5.92 Å². The maximum Gasteiger partial charge on any atom is 0.293 e. The standard InChI is InChI=1S/C8H13N5O/c1-5(2)8(3-4-8)9-7(14)6-10-12-13-11-6/h5H,3-4H2,1-2H3,(H,9,14)(H,10,11,12,13). The van der Waals surface area contributed by atoms with E-state index in [-0.39, 0.29) is 17.3 Å². The van der Waals surface area contributed by atoms with E-state index < -0.39 is 0 Å². The zero-order valence-corrected chi connectivity index (χ0v) is 8.24. The van der Waals surface area contributed by atoms with Crippen molar-refractivity contribution in [1.82, 2.24) is 25.9 Å². The van der Waals surface area contributed by atoms with Crippen molar-refractivity contribution in [1.29, 1.82) is 0 Å². The summed E-state index contributed by atoms with van der Waals surface area (Å²) in [6.07, 6.45) is 2.07. The summed E-state index contributed by atoms with van der Waals surface area (Å²) in [4.78, 5) is 11.6. The topological polar surface area (TPSA) is 83.6 Å². The van der Waals surface area contributed by atoms with Crippen LogP contribution in [0.1, 0.15) is 37.3 Å². The number of amides is 1. The third-order valence-corrected chi connectivity index (χ3v) is 2.80. The van der Waals surface area contributed by atoms with Gasteiger partial charge < -0.3 is 5.32 Å². The molecule has 0 bridgehead atoms. The Hall–Kier alpha value is -1.46. The number of nitrogens with zero attached hydrogens (tertiary/aromatic N) is 3. The van der Waals surface area contributed by atoms with Crippen molar-refractivity contribution in [3.8, 4) is 0 Å².